The molecule has 0 fully saturated rings. The number of alkyl halides is 9. The average molecular weight is 1880 g/mol. The normalized spacial score (nSPS) is 16.6. The zero-order valence-electron chi connectivity index (χ0n) is 72.1. The molecule has 0 saturated heterocycles. The number of hydrogen-bond acceptors (Lipinski definition) is 22. The van der Waals surface area contributed by atoms with Crippen LogP contribution >= 0.6 is 0 Å². The second-order valence-corrected chi connectivity index (χ2v) is 30.8. The number of esters is 2. The predicted molar refractivity (Wildman–Crippen MR) is 440 cm³/mol. The van der Waals surface area contributed by atoms with Gasteiger partial charge in [0.1, 0.15) is 58.9 Å². The van der Waals surface area contributed by atoms with E-state index in [2.05, 4.69) is 63.2 Å². The summed E-state index contributed by atoms with van der Waals surface area (Å²) in [4.78, 5) is 145. The molecular formula is C84H82F13N23O14. The Kier molecular flexibility index (Phi) is 33.0. The quantitative estimate of drug-likeness (QED) is 0.0320. The number of rotatable bonds is 13. The number of benzene rings is 4. The van der Waals surface area contributed by atoms with E-state index in [0.717, 1.165) is 50.4 Å². The van der Waals surface area contributed by atoms with Gasteiger partial charge in [0, 0.05) is 105 Å². The Balaban J connectivity index is 0.000000187. The van der Waals surface area contributed by atoms with Gasteiger partial charge in [-0.3, -0.25) is 9.59 Å². The van der Waals surface area contributed by atoms with E-state index >= 15 is 0 Å². The number of carbonyl (C=O) groups is 10. The highest BCUT2D eigenvalue weighted by Gasteiger charge is 2.43. The minimum absolute atomic E-state index is 0.0409. The molecule has 708 valence electrons. The number of nitrogens with one attached hydrogen (secondary N) is 5. The van der Waals surface area contributed by atoms with Gasteiger partial charge in [-0.2, -0.15) is 60.6 Å². The first-order valence-electron chi connectivity index (χ1n) is 40.0. The summed E-state index contributed by atoms with van der Waals surface area (Å²) in [5, 5.41) is 65.6. The van der Waals surface area contributed by atoms with Crippen molar-refractivity contribution in [2.45, 2.75) is 175 Å². The van der Waals surface area contributed by atoms with E-state index in [4.69, 9.17) is 35.7 Å². The van der Waals surface area contributed by atoms with Crippen molar-refractivity contribution >= 4 is 82.3 Å². The number of nitrogens with zero attached hydrogens (tertiary/aromatic N) is 18. The minimum Gasteiger partial charge on any atom is -0.476 e. The number of ether oxygens (including phenoxy) is 2. The van der Waals surface area contributed by atoms with Crippen LogP contribution in [-0.2, 0) is 79.7 Å². The van der Waals surface area contributed by atoms with Gasteiger partial charge in [-0.25, -0.2) is 80.8 Å². The molecule has 4 aromatic carbocycles. The molecular weight excluding hydrogens is 1800 g/mol. The molecule has 5 aromatic heterocycles. The number of Topliss-reactive ketones (excluding diaryl/α,β-unsaturated/α-hetero) is 2. The highest BCUT2D eigenvalue weighted by atomic mass is 19.4. The molecule has 0 bridgehead atoms. The number of anilines is 4. The van der Waals surface area contributed by atoms with Crippen LogP contribution in [0.2, 0.25) is 0 Å². The first-order chi connectivity index (χ1) is 63.0. The second kappa shape index (κ2) is 43.3. The lowest BCUT2D eigenvalue weighted by Gasteiger charge is -2.34. The number of ketones is 2. The number of aliphatic carboxylic acids is 1. The van der Waals surface area contributed by atoms with E-state index in [1.54, 1.807) is 69.4 Å². The molecule has 0 spiro atoms. The molecule has 9 aromatic rings. The number of nitriles is 4. The minimum atomic E-state index is -5.08. The van der Waals surface area contributed by atoms with E-state index in [1.165, 1.54) is 96.4 Å². The maximum Gasteiger partial charge on any atom is 0.490 e. The fourth-order valence-corrected chi connectivity index (χ4v) is 13.9. The third-order valence-corrected chi connectivity index (χ3v) is 21.3. The SMILES string of the molecule is COC(=O)c1ncn2c1CN(C(=O)Nc1ccc(F)c(C#N)c1)[C@@H](C)C2.COC(=O)c1ncn2c1CN[C@@H](C)C2.C[C@H]1Cn2cnc(C(=O)C[C@H](C)C(F)(F)F)c2CN1C(=O)Nc1ccc(F)c(C#N)c1.C[C@H]1Cn2cnc(C(=O)C[C@H](C)C(F)(F)F)c2CN1C(=O)Nc1ccc(F)c(C#N)c1.C[C@H]1Cn2cnc(C(=O)O)c2CN1C(=O)Nc1ccc(F)c(C#N)c1.O=C(O)C(F)(F)F. The monoisotopic (exact) mass is 1880 g/mol. The molecule has 7 N–H and O–H groups in total. The highest BCUT2D eigenvalue weighted by Crippen LogP contribution is 2.35. The Morgan fingerprint density at radius 1 is 0.418 bits per heavy atom. The third kappa shape index (κ3) is 25.1. The smallest absolute Gasteiger partial charge is 0.476 e. The first kappa shape index (κ1) is 102. The highest BCUT2D eigenvalue weighted by molar-refractivity contribution is 5.98. The van der Waals surface area contributed by atoms with Crippen molar-refractivity contribution in [1.82, 2.24) is 72.7 Å². The van der Waals surface area contributed by atoms with E-state index in [0.29, 0.717) is 72.9 Å². The number of urea groups is 4. The van der Waals surface area contributed by atoms with Gasteiger partial charge in [-0.15, -0.1) is 0 Å². The van der Waals surface area contributed by atoms with Gasteiger partial charge in [0.25, 0.3) is 0 Å². The van der Waals surface area contributed by atoms with Crippen molar-refractivity contribution in [2.75, 3.05) is 35.5 Å². The van der Waals surface area contributed by atoms with Gasteiger partial charge in [-0.05, 0) is 107 Å². The van der Waals surface area contributed by atoms with Gasteiger partial charge in [0.15, 0.2) is 28.6 Å². The molecule has 37 nitrogen and oxygen atoms in total. The summed E-state index contributed by atoms with van der Waals surface area (Å²) in [6.45, 7) is 14.4. The Bertz CT molecular complexity index is 5970. The first-order valence-corrected chi connectivity index (χ1v) is 40.0. The van der Waals surface area contributed by atoms with Crippen LogP contribution in [0.3, 0.4) is 0 Å². The summed E-state index contributed by atoms with van der Waals surface area (Å²) in [6, 6.07) is 18.8. The summed E-state index contributed by atoms with van der Waals surface area (Å²) in [6.07, 6.45) is -8.09. The maximum atomic E-state index is 13.5. The molecule has 8 amide bonds. The number of methoxy groups -OCH3 is 2. The number of imidazole rings is 5. The Morgan fingerprint density at radius 3 is 0.918 bits per heavy atom. The second-order valence-electron chi connectivity index (χ2n) is 30.8. The molecule has 7 atom stereocenters. The van der Waals surface area contributed by atoms with Crippen LogP contribution in [0.15, 0.2) is 104 Å². The predicted octanol–water partition coefficient (Wildman–Crippen LogP) is 13.1. The zero-order valence-corrected chi connectivity index (χ0v) is 72.1. The average Bonchev–Trinajstić information content (AvgIpc) is 1.67. The van der Waals surface area contributed by atoms with Crippen LogP contribution < -0.4 is 26.6 Å². The number of aromatic nitrogens is 10. The molecule has 5 aliphatic rings. The van der Waals surface area contributed by atoms with E-state index in [1.807, 2.05) is 23.0 Å². The van der Waals surface area contributed by atoms with Crippen LogP contribution in [0.4, 0.5) is 99.0 Å². The number of carboxylic acids is 2. The summed E-state index contributed by atoms with van der Waals surface area (Å²) >= 11 is 0. The molecule has 0 unspecified atom stereocenters. The van der Waals surface area contributed by atoms with Crippen molar-refractivity contribution in [3.63, 3.8) is 0 Å². The summed E-state index contributed by atoms with van der Waals surface area (Å²) in [5.41, 5.74) is 3.22. The topological polar surface area (TPSA) is 487 Å². The van der Waals surface area contributed by atoms with Crippen LogP contribution in [-0.4, -0.2) is 200 Å². The summed E-state index contributed by atoms with van der Waals surface area (Å²) < 4.78 is 181. The lowest BCUT2D eigenvalue weighted by molar-refractivity contribution is -0.192. The standard InChI is InChI=1S/2C20H19F4N5O2.C17H16FN5O3.C16H14FN5O3.C9H13N3O2.C2HF3O2/c2*1-11(20(22,23)24)5-17(30)18-16-9-29(12(2)8-28(16)10-26-18)19(31)27-14-3-4-15(21)13(6-14)7-25;1-10-7-22-9-20-15(16(24)26-2)14(22)8-23(10)17(25)21-12-3-4-13(18)11(5-12)6-19;1-9-6-21-8-19-14(15(23)24)13(21)7-22(9)16(25)20-11-2-3-12(17)10(4-11)5-18;1-6-4-12-5-11-8(9(13)14-2)7(12)3-10-6;3-2(4,5)1(6)7/h2*3-4,6,10-12H,5,8-9H2,1-2H3,(H,27,31);3-5,9-10H,7-8H2,1-2H3,(H,21,25);2-4,8-9H,6-7H2,1H3,(H,20,25)(H,23,24);5-6,10H,3-4H2,1-2H3;(H,6,7)/t2*11-,12-;10-;9-;6-;/m00000./s1. The number of carboxylic acid groups (broad SMARTS) is 2. The van der Waals surface area contributed by atoms with Crippen LogP contribution in [0.25, 0.3) is 0 Å². The number of hydrogen-bond donors (Lipinski definition) is 7. The molecule has 0 saturated carbocycles. The van der Waals surface area contributed by atoms with Crippen LogP contribution in [0, 0.1) is 80.4 Å². The Hall–Kier alpha value is -15.8. The van der Waals surface area contributed by atoms with Crippen molar-refractivity contribution in [1.29, 1.82) is 21.0 Å². The van der Waals surface area contributed by atoms with E-state index < -0.39 is 120 Å². The fourth-order valence-electron chi connectivity index (χ4n) is 13.9. The molecule has 134 heavy (non-hydrogen) atoms. The van der Waals surface area contributed by atoms with Crippen LogP contribution in [0.5, 0.6) is 0 Å². The molecule has 14 rings (SSSR count). The van der Waals surface area contributed by atoms with E-state index in [9.17, 15) is 105 Å². The van der Waals surface area contributed by atoms with Gasteiger partial charge in [-0.1, -0.05) is 13.8 Å². The van der Waals surface area contributed by atoms with Crippen LogP contribution in [0.1, 0.15) is 164 Å². The van der Waals surface area contributed by atoms with Gasteiger partial charge >= 0.3 is 66.5 Å². The summed E-state index contributed by atoms with van der Waals surface area (Å²) in [5.74, 6) is -12.7. The fraction of sp³-hybridized carbons (Fsp3) is 0.369. The molecule has 50 heteroatoms. The molecule has 5 aliphatic heterocycles. The lowest BCUT2D eigenvalue weighted by Crippen LogP contribution is -2.46. The van der Waals surface area contributed by atoms with Gasteiger partial charge in [0.05, 0.1) is 135 Å². The number of halogens is 13. The summed E-state index contributed by atoms with van der Waals surface area (Å²) in [7, 11) is 2.64. The molecule has 0 aliphatic carbocycles. The van der Waals surface area contributed by atoms with Gasteiger partial charge < -0.3 is 88.7 Å². The van der Waals surface area contributed by atoms with Crippen molar-refractivity contribution < 1.29 is 125 Å². The zero-order chi connectivity index (χ0) is 99.0. The van der Waals surface area contributed by atoms with Crippen molar-refractivity contribution in [3.05, 3.63) is 207 Å². The largest absolute Gasteiger partial charge is 0.490 e. The van der Waals surface area contributed by atoms with Crippen molar-refractivity contribution in [2.24, 2.45) is 11.8 Å². The van der Waals surface area contributed by atoms with Gasteiger partial charge in [0.2, 0.25) is 0 Å². The molecule has 0 radical (unpaired) electrons. The van der Waals surface area contributed by atoms with E-state index in [-0.39, 0.29) is 118 Å². The third-order valence-electron chi connectivity index (χ3n) is 21.3. The van der Waals surface area contributed by atoms with Crippen molar-refractivity contribution in [3.8, 4) is 24.3 Å². The Morgan fingerprint density at radius 2 is 0.664 bits per heavy atom. The maximum absolute atomic E-state index is 13.5. The number of carbonyl (C=O) groups excluding carboxylic acids is 8. The lowest BCUT2D eigenvalue weighted by atomic mass is 10.0. The number of fused-ring (bicyclic) bond motifs is 5. The number of aromatic carboxylic acids is 1. The molecule has 10 heterocycles. The Labute approximate surface area is 751 Å². The number of amides is 8.